The van der Waals surface area contributed by atoms with E-state index in [-0.39, 0.29) is 6.04 Å². The van der Waals surface area contributed by atoms with Crippen LogP contribution in [0.3, 0.4) is 0 Å². The summed E-state index contributed by atoms with van der Waals surface area (Å²) in [5.41, 5.74) is 2.42. The van der Waals surface area contributed by atoms with E-state index in [1.54, 1.807) is 11.0 Å². The minimum atomic E-state index is 0.213. The number of aromatic nitrogens is 3. The Labute approximate surface area is 112 Å². The molecule has 1 atom stereocenters. The van der Waals surface area contributed by atoms with Crippen molar-refractivity contribution in [2.24, 2.45) is 7.05 Å². The molecule has 1 unspecified atom stereocenters. The van der Waals surface area contributed by atoms with Gasteiger partial charge in [-0.2, -0.15) is 5.10 Å². The van der Waals surface area contributed by atoms with Crippen LogP contribution < -0.4 is 5.32 Å². The van der Waals surface area contributed by atoms with Crippen LogP contribution in [0.2, 0.25) is 5.02 Å². The molecule has 1 N–H and O–H groups in total. The Morgan fingerprint density at radius 2 is 2.22 bits per heavy atom. The predicted molar refractivity (Wildman–Crippen MR) is 72.7 cm³/mol. The first-order valence-corrected chi connectivity index (χ1v) is 6.25. The highest BCUT2D eigenvalue weighted by Gasteiger charge is 2.15. The zero-order valence-electron chi connectivity index (χ0n) is 10.8. The summed E-state index contributed by atoms with van der Waals surface area (Å²) in [6.07, 6.45) is 2.38. The number of rotatable bonds is 4. The second kappa shape index (κ2) is 5.50. The molecule has 0 radical (unpaired) electrons. The quantitative estimate of drug-likeness (QED) is 0.921. The Hall–Kier alpha value is -1.39. The number of halogens is 1. The van der Waals surface area contributed by atoms with Gasteiger partial charge in [-0.1, -0.05) is 17.7 Å². The molecule has 2 aromatic rings. The van der Waals surface area contributed by atoms with E-state index in [4.69, 9.17) is 11.6 Å². The van der Waals surface area contributed by atoms with Crippen LogP contribution in [0.25, 0.3) is 0 Å². The Bertz CT molecular complexity index is 536. The van der Waals surface area contributed by atoms with Gasteiger partial charge in [0.1, 0.15) is 12.2 Å². The van der Waals surface area contributed by atoms with Crippen molar-refractivity contribution in [1.29, 1.82) is 0 Å². The van der Waals surface area contributed by atoms with E-state index in [0.29, 0.717) is 0 Å². The van der Waals surface area contributed by atoms with Gasteiger partial charge in [-0.15, -0.1) is 0 Å². The average Bonchev–Trinajstić information content (AvgIpc) is 2.73. The summed E-state index contributed by atoms with van der Waals surface area (Å²) in [7, 11) is 3.86. The fourth-order valence-electron chi connectivity index (χ4n) is 2.09. The van der Waals surface area contributed by atoms with Crippen molar-refractivity contribution in [3.63, 3.8) is 0 Å². The second-order valence-corrected chi connectivity index (χ2v) is 4.78. The SMILES string of the molecule is CNC(Cc1ncnn1C)c1ccc(Cl)cc1C. The van der Waals surface area contributed by atoms with E-state index >= 15 is 0 Å². The zero-order valence-corrected chi connectivity index (χ0v) is 11.6. The molecule has 0 aliphatic heterocycles. The highest BCUT2D eigenvalue weighted by molar-refractivity contribution is 6.30. The lowest BCUT2D eigenvalue weighted by atomic mass is 9.98. The van der Waals surface area contributed by atoms with Crippen LogP contribution in [0.1, 0.15) is 23.0 Å². The summed E-state index contributed by atoms with van der Waals surface area (Å²) >= 11 is 5.99. The molecule has 0 amide bonds. The van der Waals surface area contributed by atoms with Crippen molar-refractivity contribution < 1.29 is 0 Å². The highest BCUT2D eigenvalue weighted by Crippen LogP contribution is 2.23. The lowest BCUT2D eigenvalue weighted by Crippen LogP contribution is -2.21. The largest absolute Gasteiger partial charge is 0.313 e. The van der Waals surface area contributed by atoms with E-state index in [9.17, 15) is 0 Å². The van der Waals surface area contributed by atoms with Gasteiger partial charge in [0, 0.05) is 24.5 Å². The van der Waals surface area contributed by atoms with Gasteiger partial charge in [0.15, 0.2) is 0 Å². The number of nitrogens with one attached hydrogen (secondary N) is 1. The van der Waals surface area contributed by atoms with Gasteiger partial charge >= 0.3 is 0 Å². The van der Waals surface area contributed by atoms with Gasteiger partial charge in [-0.25, -0.2) is 4.98 Å². The number of hydrogen-bond acceptors (Lipinski definition) is 3. The molecule has 2 rings (SSSR count). The molecule has 0 saturated carbocycles. The molecule has 1 heterocycles. The first kappa shape index (κ1) is 13.1. The Morgan fingerprint density at radius 3 is 2.78 bits per heavy atom. The molecular weight excluding hydrogens is 248 g/mol. The van der Waals surface area contributed by atoms with Gasteiger partial charge in [-0.3, -0.25) is 4.68 Å². The van der Waals surface area contributed by atoms with Crippen molar-refractivity contribution in [3.8, 4) is 0 Å². The van der Waals surface area contributed by atoms with E-state index in [1.165, 1.54) is 11.1 Å². The van der Waals surface area contributed by atoms with Crippen LogP contribution in [-0.4, -0.2) is 21.8 Å². The standard InChI is InChI=1S/C13H17ClN4/c1-9-6-10(14)4-5-11(9)12(15-2)7-13-16-8-17-18(13)3/h4-6,8,12,15H,7H2,1-3H3. The molecule has 0 spiro atoms. The van der Waals surface area contributed by atoms with Crippen molar-refractivity contribution >= 4 is 11.6 Å². The fourth-order valence-corrected chi connectivity index (χ4v) is 2.31. The van der Waals surface area contributed by atoms with E-state index < -0.39 is 0 Å². The topological polar surface area (TPSA) is 42.7 Å². The Morgan fingerprint density at radius 1 is 1.44 bits per heavy atom. The molecule has 0 aliphatic rings. The predicted octanol–water partition coefficient (Wildman–Crippen LogP) is 2.28. The second-order valence-electron chi connectivity index (χ2n) is 4.35. The molecule has 4 nitrogen and oxygen atoms in total. The molecule has 5 heteroatoms. The van der Waals surface area contributed by atoms with Gasteiger partial charge in [0.25, 0.3) is 0 Å². The van der Waals surface area contributed by atoms with E-state index in [0.717, 1.165) is 17.3 Å². The molecule has 1 aromatic heterocycles. The first-order chi connectivity index (χ1) is 8.61. The number of aryl methyl sites for hydroxylation is 2. The maximum atomic E-state index is 5.99. The molecular formula is C13H17ClN4. The van der Waals surface area contributed by atoms with Crippen LogP contribution in [0.5, 0.6) is 0 Å². The summed E-state index contributed by atoms with van der Waals surface area (Å²) in [4.78, 5) is 4.26. The minimum Gasteiger partial charge on any atom is -0.313 e. The van der Waals surface area contributed by atoms with Gasteiger partial charge in [0.05, 0.1) is 0 Å². The lowest BCUT2D eigenvalue weighted by molar-refractivity contribution is 0.551. The van der Waals surface area contributed by atoms with Crippen LogP contribution in [-0.2, 0) is 13.5 Å². The Balaban J connectivity index is 2.26. The van der Waals surface area contributed by atoms with Crippen molar-refractivity contribution in [3.05, 3.63) is 46.5 Å². The fraction of sp³-hybridized carbons (Fsp3) is 0.385. The minimum absolute atomic E-state index is 0.213. The van der Waals surface area contributed by atoms with Crippen LogP contribution in [0.15, 0.2) is 24.5 Å². The molecule has 1 aromatic carbocycles. The summed E-state index contributed by atoms with van der Waals surface area (Å²) < 4.78 is 1.80. The summed E-state index contributed by atoms with van der Waals surface area (Å²) in [6.45, 7) is 2.07. The van der Waals surface area contributed by atoms with Crippen LogP contribution in [0, 0.1) is 6.92 Å². The van der Waals surface area contributed by atoms with Crippen molar-refractivity contribution in [2.75, 3.05) is 7.05 Å². The average molecular weight is 265 g/mol. The Kier molecular flexibility index (Phi) is 3.99. The number of likely N-dealkylation sites (N-methyl/N-ethyl adjacent to an activating group) is 1. The third-order valence-electron chi connectivity index (χ3n) is 3.15. The smallest absolute Gasteiger partial charge is 0.138 e. The normalized spacial score (nSPS) is 12.7. The van der Waals surface area contributed by atoms with Crippen LogP contribution in [0.4, 0.5) is 0 Å². The molecule has 0 bridgehead atoms. The van der Waals surface area contributed by atoms with Crippen LogP contribution >= 0.6 is 11.6 Å². The summed E-state index contributed by atoms with van der Waals surface area (Å²) in [6, 6.07) is 6.18. The van der Waals surface area contributed by atoms with Gasteiger partial charge in [-0.05, 0) is 37.2 Å². The molecule has 0 fully saturated rings. The van der Waals surface area contributed by atoms with Crippen molar-refractivity contribution in [1.82, 2.24) is 20.1 Å². The molecule has 0 aliphatic carbocycles. The maximum Gasteiger partial charge on any atom is 0.138 e. The molecule has 96 valence electrons. The van der Waals surface area contributed by atoms with Crippen molar-refractivity contribution in [2.45, 2.75) is 19.4 Å². The zero-order chi connectivity index (χ0) is 13.1. The lowest BCUT2D eigenvalue weighted by Gasteiger charge is -2.18. The van der Waals surface area contributed by atoms with E-state index in [1.807, 2.05) is 26.2 Å². The third kappa shape index (κ3) is 2.71. The first-order valence-electron chi connectivity index (χ1n) is 5.88. The summed E-state index contributed by atoms with van der Waals surface area (Å²) in [5.74, 6) is 0.962. The van der Waals surface area contributed by atoms with Gasteiger partial charge < -0.3 is 5.32 Å². The number of nitrogens with zero attached hydrogens (tertiary/aromatic N) is 3. The molecule has 18 heavy (non-hydrogen) atoms. The number of benzene rings is 1. The molecule has 0 saturated heterocycles. The van der Waals surface area contributed by atoms with E-state index in [2.05, 4.69) is 28.4 Å². The van der Waals surface area contributed by atoms with Gasteiger partial charge in [0.2, 0.25) is 0 Å². The highest BCUT2D eigenvalue weighted by atomic mass is 35.5. The maximum absolute atomic E-state index is 5.99. The summed E-state index contributed by atoms with van der Waals surface area (Å²) in [5, 5.41) is 8.18. The third-order valence-corrected chi connectivity index (χ3v) is 3.38. The monoisotopic (exact) mass is 264 g/mol. The number of hydrogen-bond donors (Lipinski definition) is 1.